The summed E-state index contributed by atoms with van der Waals surface area (Å²) < 4.78 is 10.9. The Balaban J connectivity index is 1.78. The van der Waals surface area contributed by atoms with Crippen molar-refractivity contribution < 1.29 is 14.3 Å². The molecule has 0 N–H and O–H groups in total. The fraction of sp³-hybridized carbons (Fsp3) is 0.346. The number of thioether (sulfide) groups is 2. The number of nitriles is 1. The summed E-state index contributed by atoms with van der Waals surface area (Å²) in [6.45, 7) is 2.52. The number of hydrogen-bond donors (Lipinski definition) is 0. The maximum absolute atomic E-state index is 12.6. The van der Waals surface area contributed by atoms with Crippen LogP contribution in [0.15, 0.2) is 58.9 Å². The largest absolute Gasteiger partial charge is 0.458 e. The molecule has 0 aliphatic heterocycles. The molecule has 8 heteroatoms. The predicted octanol–water partition coefficient (Wildman–Crippen LogP) is 6.53. The van der Waals surface area contributed by atoms with Gasteiger partial charge in [0.15, 0.2) is 0 Å². The van der Waals surface area contributed by atoms with E-state index in [4.69, 9.17) is 14.5 Å². The molecule has 1 atom stereocenters. The number of thiophene rings is 1. The van der Waals surface area contributed by atoms with Gasteiger partial charge >= 0.3 is 5.97 Å². The van der Waals surface area contributed by atoms with Crippen LogP contribution in [0.3, 0.4) is 0 Å². The molecule has 3 rings (SSSR count). The van der Waals surface area contributed by atoms with E-state index in [9.17, 15) is 10.1 Å². The van der Waals surface area contributed by atoms with Crippen molar-refractivity contribution in [2.75, 3.05) is 31.0 Å². The molecule has 0 saturated carbocycles. The highest BCUT2D eigenvalue weighted by Crippen LogP contribution is 2.35. The average molecular weight is 513 g/mol. The van der Waals surface area contributed by atoms with Crippen LogP contribution in [0.25, 0.3) is 21.7 Å². The first-order chi connectivity index (χ1) is 16.7. The minimum Gasteiger partial charge on any atom is -0.458 e. The zero-order chi connectivity index (χ0) is 24.2. The Kier molecular flexibility index (Phi) is 11.0. The smallest absolute Gasteiger partial charge is 0.316 e. The lowest BCUT2D eigenvalue weighted by molar-refractivity contribution is -0.146. The molecule has 0 saturated heterocycles. The summed E-state index contributed by atoms with van der Waals surface area (Å²) in [4.78, 5) is 18.4. The van der Waals surface area contributed by atoms with Crippen LogP contribution in [0.4, 0.5) is 0 Å². The van der Waals surface area contributed by atoms with Gasteiger partial charge in [-0.2, -0.15) is 17.0 Å². The van der Waals surface area contributed by atoms with Gasteiger partial charge in [-0.25, -0.2) is 4.98 Å². The Hall–Kier alpha value is -2.31. The van der Waals surface area contributed by atoms with Gasteiger partial charge in [0, 0.05) is 18.4 Å². The van der Waals surface area contributed by atoms with Crippen LogP contribution in [-0.2, 0) is 14.3 Å². The number of hydrogen-bond acceptors (Lipinski definition) is 8. The second-order valence-corrected chi connectivity index (χ2v) is 10.5. The molecule has 1 aromatic carbocycles. The number of unbranched alkanes of at least 4 members (excludes halogenated alkanes) is 1. The number of pyridine rings is 1. The van der Waals surface area contributed by atoms with Gasteiger partial charge in [-0.1, -0.05) is 61.5 Å². The van der Waals surface area contributed by atoms with Gasteiger partial charge < -0.3 is 9.47 Å². The Morgan fingerprint density at radius 1 is 1.24 bits per heavy atom. The molecule has 34 heavy (non-hydrogen) atoms. The Morgan fingerprint density at radius 3 is 2.74 bits per heavy atom. The second kappa shape index (κ2) is 14.2. The summed E-state index contributed by atoms with van der Waals surface area (Å²) >= 11 is 4.60. The summed E-state index contributed by atoms with van der Waals surface area (Å²) in [5.74, 6) is 1.48. The Morgan fingerprint density at radius 2 is 2.06 bits per heavy atom. The van der Waals surface area contributed by atoms with Gasteiger partial charge in [0.1, 0.15) is 17.2 Å². The van der Waals surface area contributed by atoms with Crippen LogP contribution in [0, 0.1) is 11.3 Å². The van der Waals surface area contributed by atoms with E-state index < -0.39 is 0 Å². The van der Waals surface area contributed by atoms with Crippen molar-refractivity contribution in [2.24, 2.45) is 0 Å². The molecule has 0 fully saturated rings. The number of aromatic nitrogens is 1. The number of rotatable bonds is 13. The number of benzene rings is 1. The fourth-order valence-corrected chi connectivity index (χ4v) is 5.80. The molecule has 0 bridgehead atoms. The molecule has 0 aliphatic carbocycles. The molecule has 3 aromatic rings. The summed E-state index contributed by atoms with van der Waals surface area (Å²) in [6.07, 6.45) is 1.99. The van der Waals surface area contributed by atoms with Crippen LogP contribution in [-0.4, -0.2) is 48.0 Å². The molecular formula is C26H28N2O3S3. The van der Waals surface area contributed by atoms with Crippen LogP contribution in [0.2, 0.25) is 0 Å². The molecule has 178 valence electrons. The van der Waals surface area contributed by atoms with E-state index in [1.165, 1.54) is 11.8 Å². The lowest BCUT2D eigenvalue weighted by atomic mass is 10.0. The maximum Gasteiger partial charge on any atom is 0.316 e. The van der Waals surface area contributed by atoms with Gasteiger partial charge in [-0.15, -0.1) is 11.3 Å². The van der Waals surface area contributed by atoms with Gasteiger partial charge in [-0.05, 0) is 35.2 Å². The number of carbonyl (C=O) groups excluding carboxylic acids is 1. The Bertz CT molecular complexity index is 1080. The third-order valence-corrected chi connectivity index (χ3v) is 7.91. The van der Waals surface area contributed by atoms with Gasteiger partial charge in [0.05, 0.1) is 28.5 Å². The van der Waals surface area contributed by atoms with E-state index in [1.54, 1.807) is 30.2 Å². The molecule has 0 amide bonds. The molecule has 0 spiro atoms. The van der Waals surface area contributed by atoms with Gasteiger partial charge in [0.2, 0.25) is 0 Å². The number of methoxy groups -OCH3 is 1. The number of nitrogens with zero attached hydrogens (tertiary/aromatic N) is 2. The maximum atomic E-state index is 12.6. The van der Waals surface area contributed by atoms with Crippen molar-refractivity contribution in [3.8, 4) is 27.8 Å². The first-order valence-electron chi connectivity index (χ1n) is 11.1. The zero-order valence-electron chi connectivity index (χ0n) is 19.4. The highest BCUT2D eigenvalue weighted by molar-refractivity contribution is 8.00. The molecule has 5 nitrogen and oxygen atoms in total. The minimum atomic E-state index is -0.336. The van der Waals surface area contributed by atoms with Crippen molar-refractivity contribution in [1.29, 1.82) is 5.26 Å². The molecule has 2 aromatic heterocycles. The highest BCUT2D eigenvalue weighted by Gasteiger charge is 2.19. The molecule has 0 radical (unpaired) electrons. The van der Waals surface area contributed by atoms with Crippen LogP contribution < -0.4 is 0 Å². The van der Waals surface area contributed by atoms with Crippen LogP contribution in [0.1, 0.15) is 25.3 Å². The van der Waals surface area contributed by atoms with Crippen molar-refractivity contribution in [3.05, 3.63) is 59.5 Å². The molecule has 1 unspecified atom stereocenters. The second-order valence-electron chi connectivity index (χ2n) is 7.47. The molecular weight excluding hydrogens is 484 g/mol. The standard InChI is InChI=1S/C26H28N2O3S3/c1-3-4-12-32-17-20(16-30-2)31-25(29)18-34-26-22(15-27)21(19-9-6-5-7-10-19)14-23(28-26)24-11-8-13-33-24/h5-11,13-14,20H,3-4,12,16-18H2,1-2H3. The number of esters is 1. The fourth-order valence-electron chi connectivity index (χ4n) is 3.24. The lowest BCUT2D eigenvalue weighted by Gasteiger charge is -2.17. The number of ether oxygens (including phenoxy) is 2. The quantitative estimate of drug-likeness (QED) is 0.146. The third kappa shape index (κ3) is 7.60. The molecule has 2 heterocycles. The van der Waals surface area contributed by atoms with Crippen LogP contribution in [0.5, 0.6) is 0 Å². The summed E-state index contributed by atoms with van der Waals surface area (Å²) in [5, 5.41) is 12.5. The van der Waals surface area contributed by atoms with E-state index in [0.29, 0.717) is 22.9 Å². The van der Waals surface area contributed by atoms with E-state index in [2.05, 4.69) is 13.0 Å². The summed E-state index contributed by atoms with van der Waals surface area (Å²) in [5.41, 5.74) is 3.00. The Labute approximate surface area is 213 Å². The minimum absolute atomic E-state index is 0.0731. The molecule has 0 aliphatic rings. The SMILES string of the molecule is CCCCSCC(COC)OC(=O)CSc1nc(-c2cccs2)cc(-c2ccccc2)c1C#N. The van der Waals surface area contributed by atoms with Crippen molar-refractivity contribution >= 4 is 40.8 Å². The predicted molar refractivity (Wildman–Crippen MR) is 142 cm³/mol. The summed E-state index contributed by atoms with van der Waals surface area (Å²) in [7, 11) is 1.61. The van der Waals surface area contributed by atoms with Gasteiger partial charge in [-0.3, -0.25) is 4.79 Å². The third-order valence-electron chi connectivity index (χ3n) is 4.88. The monoisotopic (exact) mass is 512 g/mol. The lowest BCUT2D eigenvalue weighted by Crippen LogP contribution is -2.26. The summed E-state index contributed by atoms with van der Waals surface area (Å²) in [6, 6.07) is 18.0. The number of carbonyl (C=O) groups is 1. The van der Waals surface area contributed by atoms with Crippen molar-refractivity contribution in [3.63, 3.8) is 0 Å². The van der Waals surface area contributed by atoms with Crippen molar-refractivity contribution in [1.82, 2.24) is 4.98 Å². The topological polar surface area (TPSA) is 72.2 Å². The highest BCUT2D eigenvalue weighted by atomic mass is 32.2. The van der Waals surface area contributed by atoms with E-state index in [0.717, 1.165) is 40.3 Å². The normalized spacial score (nSPS) is 11.7. The van der Waals surface area contributed by atoms with E-state index in [-0.39, 0.29) is 17.8 Å². The van der Waals surface area contributed by atoms with E-state index in [1.807, 2.05) is 53.9 Å². The zero-order valence-corrected chi connectivity index (χ0v) is 21.8. The van der Waals surface area contributed by atoms with Crippen LogP contribution >= 0.6 is 34.9 Å². The van der Waals surface area contributed by atoms with Gasteiger partial charge in [0.25, 0.3) is 0 Å². The van der Waals surface area contributed by atoms with E-state index >= 15 is 0 Å². The average Bonchev–Trinajstić information content (AvgIpc) is 3.40. The first kappa shape index (κ1) is 26.3. The first-order valence-corrected chi connectivity index (χ1v) is 14.1. The van der Waals surface area contributed by atoms with Crippen molar-refractivity contribution in [2.45, 2.75) is 30.9 Å².